The Morgan fingerprint density at radius 1 is 1.17 bits per heavy atom. The maximum absolute atomic E-state index is 12.9. The van der Waals surface area contributed by atoms with E-state index in [0.717, 1.165) is 18.6 Å². The summed E-state index contributed by atoms with van der Waals surface area (Å²) in [7, 11) is 0. The van der Waals surface area contributed by atoms with Gasteiger partial charge in [0.1, 0.15) is 17.3 Å². The molecule has 0 bridgehead atoms. The van der Waals surface area contributed by atoms with E-state index in [0.29, 0.717) is 37.1 Å². The standard InChI is InChI=1S/C17H19FN2O3/c18-14-3-1-13(2-4-14)16-6-5-15(23-16)10-20-17(21)19-9-12-7-8-22-11-12/h1-6,12H,7-11H2,(H2,19,20,21)/t12-/m1/s1. The molecule has 0 radical (unpaired) electrons. The maximum Gasteiger partial charge on any atom is 0.315 e. The fraction of sp³-hybridized carbons (Fsp3) is 0.353. The molecule has 1 aliphatic rings. The fourth-order valence-corrected chi connectivity index (χ4v) is 2.45. The molecule has 5 nitrogen and oxygen atoms in total. The molecular weight excluding hydrogens is 299 g/mol. The van der Waals surface area contributed by atoms with Gasteiger partial charge in [0.15, 0.2) is 0 Å². The van der Waals surface area contributed by atoms with Crippen LogP contribution in [0.1, 0.15) is 12.2 Å². The van der Waals surface area contributed by atoms with E-state index in [1.807, 2.05) is 0 Å². The zero-order valence-corrected chi connectivity index (χ0v) is 12.7. The molecule has 23 heavy (non-hydrogen) atoms. The van der Waals surface area contributed by atoms with Crippen LogP contribution < -0.4 is 10.6 Å². The van der Waals surface area contributed by atoms with Gasteiger partial charge in [-0.15, -0.1) is 0 Å². The van der Waals surface area contributed by atoms with Crippen molar-refractivity contribution in [2.75, 3.05) is 19.8 Å². The topological polar surface area (TPSA) is 63.5 Å². The molecule has 0 aliphatic carbocycles. The average molecular weight is 318 g/mol. The van der Waals surface area contributed by atoms with E-state index in [9.17, 15) is 9.18 Å². The first-order valence-electron chi connectivity index (χ1n) is 7.65. The number of urea groups is 1. The molecule has 0 spiro atoms. The van der Waals surface area contributed by atoms with Crippen LogP contribution in [-0.2, 0) is 11.3 Å². The Morgan fingerprint density at radius 3 is 2.74 bits per heavy atom. The predicted molar refractivity (Wildman–Crippen MR) is 83.3 cm³/mol. The molecule has 1 aliphatic heterocycles. The molecule has 122 valence electrons. The number of ether oxygens (including phenoxy) is 1. The Labute approximate surface area is 133 Å². The van der Waals surface area contributed by atoms with Gasteiger partial charge in [-0.05, 0) is 42.8 Å². The first-order chi connectivity index (χ1) is 11.2. The third-order valence-corrected chi connectivity index (χ3v) is 3.79. The highest BCUT2D eigenvalue weighted by Crippen LogP contribution is 2.22. The lowest BCUT2D eigenvalue weighted by atomic mass is 10.1. The van der Waals surface area contributed by atoms with E-state index < -0.39 is 0 Å². The first kappa shape index (κ1) is 15.6. The molecule has 1 aromatic carbocycles. The van der Waals surface area contributed by atoms with Crippen LogP contribution in [0.2, 0.25) is 0 Å². The van der Waals surface area contributed by atoms with E-state index >= 15 is 0 Å². The summed E-state index contributed by atoms with van der Waals surface area (Å²) in [6.07, 6.45) is 0.986. The minimum absolute atomic E-state index is 0.225. The highest BCUT2D eigenvalue weighted by molar-refractivity contribution is 5.73. The molecule has 1 saturated heterocycles. The van der Waals surface area contributed by atoms with Gasteiger partial charge >= 0.3 is 6.03 Å². The predicted octanol–water partition coefficient (Wildman–Crippen LogP) is 2.92. The van der Waals surface area contributed by atoms with E-state index in [2.05, 4.69) is 10.6 Å². The van der Waals surface area contributed by atoms with Gasteiger partial charge in [0.05, 0.1) is 13.2 Å². The van der Waals surface area contributed by atoms with Crippen molar-refractivity contribution in [3.05, 3.63) is 48.0 Å². The molecule has 2 aromatic rings. The van der Waals surface area contributed by atoms with Crippen LogP contribution in [0.3, 0.4) is 0 Å². The summed E-state index contributed by atoms with van der Waals surface area (Å²) in [4.78, 5) is 11.7. The lowest BCUT2D eigenvalue weighted by Crippen LogP contribution is -2.37. The second-order valence-electron chi connectivity index (χ2n) is 5.57. The van der Waals surface area contributed by atoms with Gasteiger partial charge in [-0.1, -0.05) is 0 Å². The van der Waals surface area contributed by atoms with Crippen molar-refractivity contribution in [1.82, 2.24) is 10.6 Å². The highest BCUT2D eigenvalue weighted by atomic mass is 19.1. The summed E-state index contributed by atoms with van der Waals surface area (Å²) >= 11 is 0. The SMILES string of the molecule is O=C(NCc1ccc(-c2ccc(F)cc2)o1)NC[C@H]1CCOC1. The second-order valence-corrected chi connectivity index (χ2v) is 5.57. The number of hydrogen-bond donors (Lipinski definition) is 2. The molecular formula is C17H19FN2O3. The lowest BCUT2D eigenvalue weighted by molar-refractivity contribution is 0.185. The quantitative estimate of drug-likeness (QED) is 0.891. The fourth-order valence-electron chi connectivity index (χ4n) is 2.45. The molecule has 2 heterocycles. The summed E-state index contributed by atoms with van der Waals surface area (Å²) in [6.45, 7) is 2.39. The number of carbonyl (C=O) groups excluding carboxylic acids is 1. The van der Waals surface area contributed by atoms with Crippen LogP contribution in [0.4, 0.5) is 9.18 Å². The molecule has 3 rings (SSSR count). The number of carbonyl (C=O) groups is 1. The number of nitrogens with one attached hydrogen (secondary N) is 2. The van der Waals surface area contributed by atoms with Crippen molar-refractivity contribution in [1.29, 1.82) is 0 Å². The molecule has 0 saturated carbocycles. The Kier molecular flexibility index (Phi) is 4.92. The Bertz CT molecular complexity index is 648. The van der Waals surface area contributed by atoms with Crippen LogP contribution in [0, 0.1) is 11.7 Å². The van der Waals surface area contributed by atoms with E-state index in [1.54, 1.807) is 24.3 Å². The smallest absolute Gasteiger partial charge is 0.315 e. The summed E-state index contributed by atoms with van der Waals surface area (Å²) in [5, 5.41) is 5.58. The summed E-state index contributed by atoms with van der Waals surface area (Å²) in [5.41, 5.74) is 0.795. The number of amides is 2. The monoisotopic (exact) mass is 318 g/mol. The third kappa shape index (κ3) is 4.32. The summed E-state index contributed by atoms with van der Waals surface area (Å²) in [6, 6.07) is 9.45. The molecule has 2 N–H and O–H groups in total. The van der Waals surface area contributed by atoms with Crippen LogP contribution >= 0.6 is 0 Å². The average Bonchev–Trinajstić information content (AvgIpc) is 3.23. The van der Waals surface area contributed by atoms with Gasteiger partial charge < -0.3 is 19.8 Å². The number of benzene rings is 1. The minimum Gasteiger partial charge on any atom is -0.459 e. The zero-order chi connectivity index (χ0) is 16.1. The number of hydrogen-bond acceptors (Lipinski definition) is 3. The second kappa shape index (κ2) is 7.28. The van der Waals surface area contributed by atoms with Gasteiger partial charge in [0.2, 0.25) is 0 Å². The lowest BCUT2D eigenvalue weighted by Gasteiger charge is -2.10. The number of halogens is 1. The minimum atomic E-state index is -0.286. The molecule has 6 heteroatoms. The van der Waals surface area contributed by atoms with Crippen LogP contribution in [-0.4, -0.2) is 25.8 Å². The number of rotatable bonds is 5. The van der Waals surface area contributed by atoms with Crippen molar-refractivity contribution in [2.45, 2.75) is 13.0 Å². The van der Waals surface area contributed by atoms with Crippen molar-refractivity contribution in [3.8, 4) is 11.3 Å². The van der Waals surface area contributed by atoms with Gasteiger partial charge in [0, 0.05) is 24.6 Å². The molecule has 1 atom stereocenters. The zero-order valence-electron chi connectivity index (χ0n) is 12.7. The van der Waals surface area contributed by atoms with Crippen LogP contribution in [0.25, 0.3) is 11.3 Å². The summed E-state index contributed by atoms with van der Waals surface area (Å²) < 4.78 is 23.8. The molecule has 0 unspecified atom stereocenters. The van der Waals surface area contributed by atoms with Gasteiger partial charge in [-0.3, -0.25) is 0 Å². The van der Waals surface area contributed by atoms with Gasteiger partial charge in [-0.2, -0.15) is 0 Å². The molecule has 1 aromatic heterocycles. The van der Waals surface area contributed by atoms with E-state index in [1.165, 1.54) is 12.1 Å². The van der Waals surface area contributed by atoms with Crippen molar-refractivity contribution >= 4 is 6.03 Å². The Hall–Kier alpha value is -2.34. The van der Waals surface area contributed by atoms with Gasteiger partial charge in [0.25, 0.3) is 0 Å². The van der Waals surface area contributed by atoms with Crippen molar-refractivity contribution in [3.63, 3.8) is 0 Å². The Morgan fingerprint density at radius 2 is 2.00 bits per heavy atom. The first-order valence-corrected chi connectivity index (χ1v) is 7.65. The highest BCUT2D eigenvalue weighted by Gasteiger charge is 2.16. The van der Waals surface area contributed by atoms with E-state index in [-0.39, 0.29) is 11.8 Å². The van der Waals surface area contributed by atoms with Crippen LogP contribution in [0.15, 0.2) is 40.8 Å². The summed E-state index contributed by atoms with van der Waals surface area (Å²) in [5.74, 6) is 1.40. The third-order valence-electron chi connectivity index (χ3n) is 3.79. The normalized spacial score (nSPS) is 17.2. The molecule has 1 fully saturated rings. The maximum atomic E-state index is 12.9. The molecule has 2 amide bonds. The largest absolute Gasteiger partial charge is 0.459 e. The Balaban J connectivity index is 1.47. The van der Waals surface area contributed by atoms with Gasteiger partial charge in [-0.25, -0.2) is 9.18 Å². The van der Waals surface area contributed by atoms with E-state index in [4.69, 9.17) is 9.15 Å². The van der Waals surface area contributed by atoms with Crippen LogP contribution in [0.5, 0.6) is 0 Å². The number of furan rings is 1. The van der Waals surface area contributed by atoms with Crippen molar-refractivity contribution in [2.24, 2.45) is 5.92 Å². The van der Waals surface area contributed by atoms with Crippen molar-refractivity contribution < 1.29 is 18.3 Å².